The molecular weight excluding hydrogens is 153 g/mol. The number of hydrogen-bond acceptors (Lipinski definition) is 2. The molecule has 0 atom stereocenters. The molecule has 1 rings (SSSR count). The van der Waals surface area contributed by atoms with Crippen molar-refractivity contribution >= 4 is 18.3 Å². The predicted octanol–water partition coefficient (Wildman–Crippen LogP) is 0.226. The van der Waals surface area contributed by atoms with Crippen molar-refractivity contribution in [3.63, 3.8) is 0 Å². The Morgan fingerprint density at radius 3 is 2.58 bits per heavy atom. The van der Waals surface area contributed by atoms with Gasteiger partial charge in [0.05, 0.1) is 6.57 Å². The third kappa shape index (κ3) is 1.64. The van der Waals surface area contributed by atoms with Crippen molar-refractivity contribution in [1.82, 2.24) is 0 Å². The van der Waals surface area contributed by atoms with Gasteiger partial charge >= 0.3 is 7.12 Å². The molecule has 0 saturated heterocycles. The fraction of sp³-hybridized carbons (Fsp3) is 0.125. The Balaban J connectivity index is 3.16. The largest absolute Gasteiger partial charge is 0.487 e. The lowest BCUT2D eigenvalue weighted by molar-refractivity contribution is 0.426. The Bertz CT molecular complexity index is 330. The van der Waals surface area contributed by atoms with E-state index >= 15 is 0 Å². The number of hydrogen-bond donors (Lipinski definition) is 2. The molecule has 60 valence electrons. The number of rotatable bonds is 1. The van der Waals surface area contributed by atoms with Gasteiger partial charge in [-0.05, 0) is 17.9 Å². The first-order chi connectivity index (χ1) is 5.65. The molecule has 0 heterocycles. The van der Waals surface area contributed by atoms with Gasteiger partial charge in [-0.25, -0.2) is 4.85 Å². The van der Waals surface area contributed by atoms with Crippen molar-refractivity contribution in [2.75, 3.05) is 0 Å². The molecular formula is C8H8BNO2. The summed E-state index contributed by atoms with van der Waals surface area (Å²) < 4.78 is 0. The van der Waals surface area contributed by atoms with Crippen LogP contribution in [0.4, 0.5) is 5.69 Å². The van der Waals surface area contributed by atoms with E-state index < -0.39 is 7.12 Å². The first-order valence-corrected chi connectivity index (χ1v) is 3.49. The van der Waals surface area contributed by atoms with E-state index in [0.717, 1.165) is 5.56 Å². The third-order valence-corrected chi connectivity index (χ3v) is 1.65. The van der Waals surface area contributed by atoms with Crippen LogP contribution in [0.3, 0.4) is 0 Å². The second-order valence-electron chi connectivity index (χ2n) is 2.53. The summed E-state index contributed by atoms with van der Waals surface area (Å²) in [6.45, 7) is 8.59. The minimum absolute atomic E-state index is 0.353. The van der Waals surface area contributed by atoms with Gasteiger partial charge in [0.1, 0.15) is 0 Å². The van der Waals surface area contributed by atoms with Crippen LogP contribution in [-0.4, -0.2) is 17.2 Å². The maximum atomic E-state index is 8.79. The highest BCUT2D eigenvalue weighted by atomic mass is 16.4. The lowest BCUT2D eigenvalue weighted by Crippen LogP contribution is -2.29. The molecule has 0 spiro atoms. The van der Waals surface area contributed by atoms with Crippen molar-refractivity contribution in [2.45, 2.75) is 6.92 Å². The molecule has 0 aliphatic heterocycles. The van der Waals surface area contributed by atoms with Gasteiger partial charge in [-0.15, -0.1) is 0 Å². The van der Waals surface area contributed by atoms with E-state index in [1.54, 1.807) is 19.1 Å². The van der Waals surface area contributed by atoms with Crippen LogP contribution < -0.4 is 5.46 Å². The van der Waals surface area contributed by atoms with Crippen molar-refractivity contribution in [3.05, 3.63) is 35.2 Å². The zero-order valence-corrected chi connectivity index (χ0v) is 6.65. The fourth-order valence-electron chi connectivity index (χ4n) is 0.907. The van der Waals surface area contributed by atoms with Gasteiger partial charge in [0.25, 0.3) is 0 Å². The molecule has 0 unspecified atom stereocenters. The summed E-state index contributed by atoms with van der Waals surface area (Å²) >= 11 is 0. The average Bonchev–Trinajstić information content (AvgIpc) is 2.05. The molecule has 3 nitrogen and oxygen atoms in total. The minimum atomic E-state index is -1.49. The van der Waals surface area contributed by atoms with Crippen LogP contribution in [0.1, 0.15) is 5.56 Å². The van der Waals surface area contributed by atoms with E-state index in [2.05, 4.69) is 4.85 Å². The monoisotopic (exact) mass is 161 g/mol. The molecule has 2 N–H and O–H groups in total. The standard InChI is InChI=1S/C8H8BNO2/c1-6-3-4-7(9(11)12)5-8(6)10-2/h3-5,11-12H,1H3. The van der Waals surface area contributed by atoms with Gasteiger partial charge in [-0.1, -0.05) is 18.2 Å². The minimum Gasteiger partial charge on any atom is -0.423 e. The first-order valence-electron chi connectivity index (χ1n) is 3.49. The fourth-order valence-corrected chi connectivity index (χ4v) is 0.907. The van der Waals surface area contributed by atoms with Crippen LogP contribution >= 0.6 is 0 Å². The van der Waals surface area contributed by atoms with Crippen molar-refractivity contribution in [3.8, 4) is 0 Å². The molecule has 0 amide bonds. The second-order valence-corrected chi connectivity index (χ2v) is 2.53. The first kappa shape index (κ1) is 8.79. The number of benzene rings is 1. The number of nitrogens with zero attached hydrogens (tertiary/aromatic N) is 1. The Morgan fingerprint density at radius 2 is 2.08 bits per heavy atom. The van der Waals surface area contributed by atoms with Crippen molar-refractivity contribution in [2.24, 2.45) is 0 Å². The predicted molar refractivity (Wildman–Crippen MR) is 47.3 cm³/mol. The SMILES string of the molecule is [C-]#[N+]c1cc(B(O)O)ccc1C. The van der Waals surface area contributed by atoms with Gasteiger partial charge in [0.15, 0.2) is 5.69 Å². The summed E-state index contributed by atoms with van der Waals surface area (Å²) in [6, 6.07) is 4.77. The Labute approximate surface area is 71.2 Å². The van der Waals surface area contributed by atoms with Crippen LogP contribution in [0.5, 0.6) is 0 Å². The highest BCUT2D eigenvalue weighted by Gasteiger charge is 2.11. The summed E-state index contributed by atoms with van der Waals surface area (Å²) in [5, 5.41) is 17.6. The van der Waals surface area contributed by atoms with Crippen LogP contribution in [0.25, 0.3) is 4.85 Å². The van der Waals surface area contributed by atoms with E-state index in [9.17, 15) is 0 Å². The van der Waals surface area contributed by atoms with E-state index in [0.29, 0.717) is 11.2 Å². The van der Waals surface area contributed by atoms with Gasteiger partial charge < -0.3 is 10.0 Å². The smallest absolute Gasteiger partial charge is 0.423 e. The Hall–Kier alpha value is -1.31. The molecule has 0 radical (unpaired) electrons. The van der Waals surface area contributed by atoms with Gasteiger partial charge in [0.2, 0.25) is 0 Å². The average molecular weight is 161 g/mol. The van der Waals surface area contributed by atoms with Crippen LogP contribution in [-0.2, 0) is 0 Å². The molecule has 1 aromatic carbocycles. The molecule has 0 bridgehead atoms. The topological polar surface area (TPSA) is 44.8 Å². The summed E-state index contributed by atoms with van der Waals surface area (Å²) in [7, 11) is -1.49. The molecule has 0 fully saturated rings. The summed E-state index contributed by atoms with van der Waals surface area (Å²) in [5.41, 5.74) is 1.65. The Morgan fingerprint density at radius 1 is 1.42 bits per heavy atom. The Kier molecular flexibility index (Phi) is 2.49. The zero-order valence-electron chi connectivity index (χ0n) is 6.65. The molecule has 0 aromatic heterocycles. The lowest BCUT2D eigenvalue weighted by Gasteiger charge is -2.01. The van der Waals surface area contributed by atoms with Crippen LogP contribution in [0.15, 0.2) is 18.2 Å². The molecule has 0 aliphatic rings. The van der Waals surface area contributed by atoms with Gasteiger partial charge in [0, 0.05) is 0 Å². The molecule has 4 heteroatoms. The maximum absolute atomic E-state index is 8.79. The number of aryl methyl sites for hydroxylation is 1. The summed E-state index contributed by atoms with van der Waals surface area (Å²) in [6.07, 6.45) is 0. The van der Waals surface area contributed by atoms with Crippen molar-refractivity contribution < 1.29 is 10.0 Å². The molecule has 12 heavy (non-hydrogen) atoms. The van der Waals surface area contributed by atoms with Crippen LogP contribution in [0, 0.1) is 13.5 Å². The zero-order chi connectivity index (χ0) is 9.14. The molecule has 0 aliphatic carbocycles. The quantitative estimate of drug-likeness (QED) is 0.457. The normalized spacial score (nSPS) is 9.17. The third-order valence-electron chi connectivity index (χ3n) is 1.65. The highest BCUT2D eigenvalue weighted by Crippen LogP contribution is 2.15. The molecule has 0 saturated carbocycles. The van der Waals surface area contributed by atoms with E-state index in [1.165, 1.54) is 6.07 Å². The van der Waals surface area contributed by atoms with Crippen LogP contribution in [0.2, 0.25) is 0 Å². The van der Waals surface area contributed by atoms with E-state index in [1.807, 2.05) is 0 Å². The lowest BCUT2D eigenvalue weighted by atomic mass is 9.80. The second kappa shape index (κ2) is 3.39. The van der Waals surface area contributed by atoms with Gasteiger partial charge in [-0.3, -0.25) is 0 Å². The summed E-state index contributed by atoms with van der Waals surface area (Å²) in [4.78, 5) is 3.24. The van der Waals surface area contributed by atoms with E-state index in [4.69, 9.17) is 16.6 Å². The van der Waals surface area contributed by atoms with E-state index in [-0.39, 0.29) is 0 Å². The summed E-state index contributed by atoms with van der Waals surface area (Å²) in [5.74, 6) is 0. The highest BCUT2D eigenvalue weighted by molar-refractivity contribution is 6.58. The van der Waals surface area contributed by atoms with Gasteiger partial charge in [-0.2, -0.15) is 0 Å². The van der Waals surface area contributed by atoms with Crippen molar-refractivity contribution in [1.29, 1.82) is 0 Å². The molecule has 1 aromatic rings. The maximum Gasteiger partial charge on any atom is 0.487 e.